The van der Waals surface area contributed by atoms with E-state index < -0.39 is 0 Å². The van der Waals surface area contributed by atoms with E-state index in [-0.39, 0.29) is 0 Å². The van der Waals surface area contributed by atoms with Crippen molar-refractivity contribution in [2.75, 3.05) is 20.2 Å². The normalized spacial score (nSPS) is 8.86. The van der Waals surface area contributed by atoms with Gasteiger partial charge in [0.25, 0.3) is 0 Å². The van der Waals surface area contributed by atoms with E-state index in [1.807, 2.05) is 24.3 Å². The van der Waals surface area contributed by atoms with Gasteiger partial charge in [-0.05, 0) is 32.1 Å². The van der Waals surface area contributed by atoms with Crippen molar-refractivity contribution in [3.05, 3.63) is 29.8 Å². The quantitative estimate of drug-likeness (QED) is 0.800. The highest BCUT2D eigenvalue weighted by Crippen LogP contribution is 2.09. The van der Waals surface area contributed by atoms with Gasteiger partial charge in [-0.3, -0.25) is 0 Å². The number of nitrogens with one attached hydrogen (secondary N) is 1. The van der Waals surface area contributed by atoms with Gasteiger partial charge >= 0.3 is 0 Å². The van der Waals surface area contributed by atoms with E-state index in [0.29, 0.717) is 0 Å². The Morgan fingerprint density at radius 3 is 1.86 bits per heavy atom. The first-order chi connectivity index (χ1) is 6.74. The molecule has 0 bridgehead atoms. The number of benzene rings is 1. The minimum Gasteiger partial charge on any atom is -0.497 e. The summed E-state index contributed by atoms with van der Waals surface area (Å²) in [5.41, 5.74) is 1.26. The molecule has 1 rings (SSSR count). The molecule has 0 fully saturated rings. The highest BCUT2D eigenvalue weighted by molar-refractivity contribution is 5.25. The van der Waals surface area contributed by atoms with Gasteiger partial charge in [-0.1, -0.05) is 31.5 Å². The number of hydrogen-bond donors (Lipinski definition) is 1. The van der Waals surface area contributed by atoms with Crippen LogP contribution in [0.25, 0.3) is 0 Å². The number of ether oxygens (including phenoxy) is 1. The Hall–Kier alpha value is -1.02. The van der Waals surface area contributed by atoms with Crippen LogP contribution < -0.4 is 10.1 Å². The molecule has 0 saturated carbocycles. The van der Waals surface area contributed by atoms with Crippen molar-refractivity contribution >= 4 is 0 Å². The molecule has 0 aliphatic heterocycles. The number of hydrogen-bond acceptors (Lipinski definition) is 2. The SMILES string of the molecule is CCNCC.COc1ccc(C)cc1. The van der Waals surface area contributed by atoms with Crippen LogP contribution in [0.4, 0.5) is 0 Å². The van der Waals surface area contributed by atoms with Gasteiger partial charge in [-0.25, -0.2) is 0 Å². The third-order valence-electron chi connectivity index (χ3n) is 1.76. The molecule has 0 aliphatic carbocycles. The van der Waals surface area contributed by atoms with Gasteiger partial charge < -0.3 is 10.1 Å². The molecule has 0 atom stereocenters. The maximum Gasteiger partial charge on any atom is 0.118 e. The molecule has 1 aromatic rings. The molecule has 0 saturated heterocycles. The number of methoxy groups -OCH3 is 1. The largest absolute Gasteiger partial charge is 0.497 e. The molecule has 80 valence electrons. The van der Waals surface area contributed by atoms with E-state index in [0.717, 1.165) is 18.8 Å². The van der Waals surface area contributed by atoms with Crippen LogP contribution >= 0.6 is 0 Å². The molecule has 2 nitrogen and oxygen atoms in total. The molecule has 1 N–H and O–H groups in total. The average Bonchev–Trinajstić information content (AvgIpc) is 2.21. The Labute approximate surface area is 87.3 Å². The van der Waals surface area contributed by atoms with E-state index in [9.17, 15) is 0 Å². The fraction of sp³-hybridized carbons (Fsp3) is 0.500. The molecular weight excluding hydrogens is 174 g/mol. The van der Waals surface area contributed by atoms with E-state index in [4.69, 9.17) is 4.74 Å². The summed E-state index contributed by atoms with van der Waals surface area (Å²) in [5, 5.41) is 3.11. The lowest BCUT2D eigenvalue weighted by atomic mass is 10.2. The maximum absolute atomic E-state index is 4.97. The topological polar surface area (TPSA) is 21.3 Å². The minimum absolute atomic E-state index is 0.917. The Balaban J connectivity index is 0.000000292. The van der Waals surface area contributed by atoms with Gasteiger partial charge in [0.15, 0.2) is 0 Å². The summed E-state index contributed by atoms with van der Waals surface area (Å²) in [6.45, 7) is 8.44. The predicted octanol–water partition coefficient (Wildman–Crippen LogP) is 2.62. The van der Waals surface area contributed by atoms with Crippen LogP contribution in [0, 0.1) is 6.92 Å². The molecule has 0 amide bonds. The average molecular weight is 195 g/mol. The van der Waals surface area contributed by atoms with Gasteiger partial charge in [-0.15, -0.1) is 0 Å². The molecule has 0 heterocycles. The Morgan fingerprint density at radius 1 is 1.07 bits per heavy atom. The second kappa shape index (κ2) is 8.57. The fourth-order valence-corrected chi connectivity index (χ4v) is 0.924. The highest BCUT2D eigenvalue weighted by atomic mass is 16.5. The molecule has 0 aromatic heterocycles. The zero-order chi connectivity index (χ0) is 10.8. The van der Waals surface area contributed by atoms with Crippen LogP contribution in [0.15, 0.2) is 24.3 Å². The minimum atomic E-state index is 0.917. The Kier molecular flexibility index (Phi) is 7.95. The van der Waals surface area contributed by atoms with E-state index in [1.165, 1.54) is 5.56 Å². The molecular formula is C12H21NO. The zero-order valence-corrected chi connectivity index (χ0v) is 9.63. The van der Waals surface area contributed by atoms with Crippen LogP contribution in [-0.2, 0) is 0 Å². The predicted molar refractivity (Wildman–Crippen MR) is 61.9 cm³/mol. The summed E-state index contributed by atoms with van der Waals surface area (Å²) in [6.07, 6.45) is 0. The standard InChI is InChI=1S/C8H10O.C4H11N/c1-7-3-5-8(9-2)6-4-7;1-3-5-4-2/h3-6H,1-2H3;5H,3-4H2,1-2H3. The third-order valence-corrected chi connectivity index (χ3v) is 1.76. The maximum atomic E-state index is 4.97. The fourth-order valence-electron chi connectivity index (χ4n) is 0.924. The Morgan fingerprint density at radius 2 is 1.57 bits per heavy atom. The summed E-state index contributed by atoms with van der Waals surface area (Å²) in [6, 6.07) is 7.96. The first-order valence-electron chi connectivity index (χ1n) is 5.06. The first kappa shape index (κ1) is 13.0. The summed E-state index contributed by atoms with van der Waals surface area (Å²) in [5.74, 6) is 0.917. The molecule has 0 spiro atoms. The van der Waals surface area contributed by atoms with Crippen molar-refractivity contribution in [1.82, 2.24) is 5.32 Å². The van der Waals surface area contributed by atoms with Crippen molar-refractivity contribution in [1.29, 1.82) is 0 Å². The summed E-state index contributed by atoms with van der Waals surface area (Å²) in [4.78, 5) is 0. The van der Waals surface area contributed by atoms with Gasteiger partial charge in [-0.2, -0.15) is 0 Å². The second-order valence-electron chi connectivity index (χ2n) is 2.97. The van der Waals surface area contributed by atoms with E-state index in [2.05, 4.69) is 26.1 Å². The van der Waals surface area contributed by atoms with E-state index in [1.54, 1.807) is 7.11 Å². The lowest BCUT2D eigenvalue weighted by Gasteiger charge is -1.97. The lowest BCUT2D eigenvalue weighted by Crippen LogP contribution is -2.09. The van der Waals surface area contributed by atoms with E-state index >= 15 is 0 Å². The second-order valence-corrected chi connectivity index (χ2v) is 2.97. The van der Waals surface area contributed by atoms with Crippen LogP contribution in [0.1, 0.15) is 19.4 Å². The van der Waals surface area contributed by atoms with Crippen molar-refractivity contribution in [2.45, 2.75) is 20.8 Å². The van der Waals surface area contributed by atoms with Crippen LogP contribution in [0.5, 0.6) is 5.75 Å². The molecule has 0 radical (unpaired) electrons. The Bertz CT molecular complexity index is 216. The molecule has 14 heavy (non-hydrogen) atoms. The van der Waals surface area contributed by atoms with Crippen molar-refractivity contribution in [3.63, 3.8) is 0 Å². The highest BCUT2D eigenvalue weighted by Gasteiger charge is 1.85. The monoisotopic (exact) mass is 195 g/mol. The van der Waals surface area contributed by atoms with Gasteiger partial charge in [0.2, 0.25) is 0 Å². The van der Waals surface area contributed by atoms with Gasteiger partial charge in [0.1, 0.15) is 5.75 Å². The zero-order valence-electron chi connectivity index (χ0n) is 9.63. The van der Waals surface area contributed by atoms with Gasteiger partial charge in [0, 0.05) is 0 Å². The number of aryl methyl sites for hydroxylation is 1. The lowest BCUT2D eigenvalue weighted by molar-refractivity contribution is 0.414. The molecule has 2 heteroatoms. The van der Waals surface area contributed by atoms with Crippen molar-refractivity contribution in [3.8, 4) is 5.75 Å². The molecule has 1 aromatic carbocycles. The summed E-state index contributed by atoms with van der Waals surface area (Å²) >= 11 is 0. The van der Waals surface area contributed by atoms with Gasteiger partial charge in [0.05, 0.1) is 7.11 Å². The summed E-state index contributed by atoms with van der Waals surface area (Å²) in [7, 11) is 1.67. The van der Waals surface area contributed by atoms with Crippen LogP contribution in [0.3, 0.4) is 0 Å². The third kappa shape index (κ3) is 6.49. The van der Waals surface area contributed by atoms with Crippen molar-refractivity contribution < 1.29 is 4.74 Å². The summed E-state index contributed by atoms with van der Waals surface area (Å²) < 4.78 is 4.97. The number of rotatable bonds is 3. The first-order valence-corrected chi connectivity index (χ1v) is 5.06. The smallest absolute Gasteiger partial charge is 0.118 e. The molecule has 0 unspecified atom stereocenters. The van der Waals surface area contributed by atoms with Crippen LogP contribution in [0.2, 0.25) is 0 Å². The van der Waals surface area contributed by atoms with Crippen molar-refractivity contribution in [2.24, 2.45) is 0 Å². The van der Waals surface area contributed by atoms with Crippen LogP contribution in [-0.4, -0.2) is 20.2 Å². The molecule has 0 aliphatic rings.